The fourth-order valence-electron chi connectivity index (χ4n) is 4.13. The smallest absolute Gasteiger partial charge is 0.135 e. The zero-order valence-electron chi connectivity index (χ0n) is 17.6. The van der Waals surface area contributed by atoms with Crippen molar-refractivity contribution in [3.8, 4) is 11.3 Å². The van der Waals surface area contributed by atoms with Gasteiger partial charge in [0.1, 0.15) is 24.2 Å². The Morgan fingerprint density at radius 2 is 1.82 bits per heavy atom. The van der Waals surface area contributed by atoms with Crippen LogP contribution in [0.25, 0.3) is 22.2 Å². The summed E-state index contributed by atoms with van der Waals surface area (Å²) in [5.74, 6) is -2.54. The molecule has 1 atom stereocenters. The van der Waals surface area contributed by atoms with Crippen molar-refractivity contribution in [3.05, 3.63) is 83.9 Å². The van der Waals surface area contributed by atoms with Gasteiger partial charge in [0.25, 0.3) is 0 Å². The predicted molar refractivity (Wildman–Crippen MR) is 120 cm³/mol. The van der Waals surface area contributed by atoms with Crippen molar-refractivity contribution in [2.45, 2.75) is 5.92 Å². The van der Waals surface area contributed by atoms with Crippen LogP contribution in [0, 0.1) is 11.6 Å². The molecule has 3 heterocycles. The van der Waals surface area contributed by atoms with E-state index in [0.717, 1.165) is 24.8 Å². The molecule has 0 N–H and O–H groups in total. The molecule has 5 rings (SSSR count). The Morgan fingerprint density at radius 3 is 2.58 bits per heavy atom. The quantitative estimate of drug-likeness (QED) is 0.430. The van der Waals surface area contributed by atoms with Crippen molar-refractivity contribution in [2.24, 2.45) is 0 Å². The standard InChI is InChI=1S/C25H20F2N4O2/c26-21-13-22(27)19(12-18(21)20(14-32)23-3-1-2-6-28-23)25-17-5-4-16(11-24(17)29-15-30-25)31-7-9-33-10-8-31/h1-6,11-15,20H,7-10H2. The van der Waals surface area contributed by atoms with Gasteiger partial charge < -0.3 is 14.4 Å². The molecule has 166 valence electrons. The monoisotopic (exact) mass is 446 g/mol. The zero-order chi connectivity index (χ0) is 22.8. The second-order valence-electron chi connectivity index (χ2n) is 7.75. The third kappa shape index (κ3) is 4.05. The van der Waals surface area contributed by atoms with Crippen molar-refractivity contribution in [2.75, 3.05) is 31.2 Å². The van der Waals surface area contributed by atoms with Crippen molar-refractivity contribution < 1.29 is 18.3 Å². The number of halogens is 2. The Hall–Kier alpha value is -3.78. The highest BCUT2D eigenvalue weighted by Crippen LogP contribution is 2.34. The number of fused-ring (bicyclic) bond motifs is 1. The highest BCUT2D eigenvalue weighted by Gasteiger charge is 2.23. The number of ether oxygens (including phenoxy) is 1. The summed E-state index contributed by atoms with van der Waals surface area (Å²) >= 11 is 0. The first kappa shape index (κ1) is 21.1. The van der Waals surface area contributed by atoms with E-state index in [0.29, 0.717) is 41.8 Å². The number of morpholine rings is 1. The summed E-state index contributed by atoms with van der Waals surface area (Å²) in [6.45, 7) is 2.87. The maximum absolute atomic E-state index is 15.0. The van der Waals surface area contributed by atoms with Crippen molar-refractivity contribution in [1.82, 2.24) is 15.0 Å². The lowest BCUT2D eigenvalue weighted by Crippen LogP contribution is -2.36. The van der Waals surface area contributed by atoms with Crippen LogP contribution < -0.4 is 4.90 Å². The van der Waals surface area contributed by atoms with Crippen LogP contribution in [0.4, 0.5) is 14.5 Å². The summed E-state index contributed by atoms with van der Waals surface area (Å²) in [6.07, 6.45) is 3.49. The molecule has 8 heteroatoms. The van der Waals surface area contributed by atoms with Gasteiger partial charge >= 0.3 is 0 Å². The Morgan fingerprint density at radius 1 is 0.970 bits per heavy atom. The molecule has 1 aliphatic rings. The third-order valence-electron chi connectivity index (χ3n) is 5.82. The van der Waals surface area contributed by atoms with E-state index < -0.39 is 17.6 Å². The van der Waals surface area contributed by atoms with Crippen LogP contribution in [0.1, 0.15) is 17.2 Å². The molecule has 1 unspecified atom stereocenters. The molecule has 2 aromatic carbocycles. The molecule has 6 nitrogen and oxygen atoms in total. The van der Waals surface area contributed by atoms with E-state index in [9.17, 15) is 13.6 Å². The van der Waals surface area contributed by atoms with E-state index in [-0.39, 0.29) is 11.1 Å². The summed E-state index contributed by atoms with van der Waals surface area (Å²) in [5, 5.41) is 0.631. The van der Waals surface area contributed by atoms with E-state index >= 15 is 0 Å². The minimum absolute atomic E-state index is 0.0387. The number of anilines is 1. The summed E-state index contributed by atoms with van der Waals surface area (Å²) in [4.78, 5) is 26.9. The molecule has 4 aromatic rings. The highest BCUT2D eigenvalue weighted by atomic mass is 19.1. The summed E-state index contributed by atoms with van der Waals surface area (Å²) < 4.78 is 35.1. The highest BCUT2D eigenvalue weighted by molar-refractivity contribution is 5.94. The Bertz CT molecular complexity index is 1310. The molecule has 0 saturated carbocycles. The van der Waals surface area contributed by atoms with E-state index in [1.54, 1.807) is 18.2 Å². The normalized spacial score (nSPS) is 14.9. The van der Waals surface area contributed by atoms with Crippen LogP contribution in [0.15, 0.2) is 61.1 Å². The largest absolute Gasteiger partial charge is 0.378 e. The molecule has 0 radical (unpaired) electrons. The number of hydrogen-bond donors (Lipinski definition) is 0. The Labute approximate surface area is 188 Å². The number of aldehydes is 1. The number of rotatable bonds is 5. The second kappa shape index (κ2) is 8.99. The first-order valence-electron chi connectivity index (χ1n) is 10.6. The number of nitrogens with zero attached hydrogens (tertiary/aromatic N) is 4. The van der Waals surface area contributed by atoms with Gasteiger partial charge in [0, 0.05) is 47.6 Å². The summed E-state index contributed by atoms with van der Waals surface area (Å²) in [6, 6.07) is 12.9. The van der Waals surface area contributed by atoms with Gasteiger partial charge in [-0.1, -0.05) is 6.07 Å². The first-order valence-corrected chi connectivity index (χ1v) is 10.6. The third-order valence-corrected chi connectivity index (χ3v) is 5.82. The van der Waals surface area contributed by atoms with Crippen LogP contribution >= 0.6 is 0 Å². The zero-order valence-corrected chi connectivity index (χ0v) is 17.6. The van der Waals surface area contributed by atoms with Crippen LogP contribution in [-0.4, -0.2) is 47.5 Å². The number of benzene rings is 2. The van der Waals surface area contributed by atoms with Gasteiger partial charge in [-0.05, 0) is 36.4 Å². The van der Waals surface area contributed by atoms with Gasteiger partial charge in [-0.2, -0.15) is 0 Å². The summed E-state index contributed by atoms with van der Waals surface area (Å²) in [5.41, 5.74) is 2.49. The topological polar surface area (TPSA) is 68.2 Å². The van der Waals surface area contributed by atoms with E-state index in [4.69, 9.17) is 4.74 Å². The predicted octanol–water partition coefficient (Wildman–Crippen LogP) is 4.14. The number of hydrogen-bond acceptors (Lipinski definition) is 6. The molecular formula is C25H20F2N4O2. The van der Waals surface area contributed by atoms with Gasteiger partial charge in [-0.25, -0.2) is 18.7 Å². The van der Waals surface area contributed by atoms with Crippen LogP contribution in [-0.2, 0) is 9.53 Å². The number of aromatic nitrogens is 3. The molecule has 2 aromatic heterocycles. The summed E-state index contributed by atoms with van der Waals surface area (Å²) in [7, 11) is 0. The number of pyridine rings is 1. The Balaban J connectivity index is 1.61. The van der Waals surface area contributed by atoms with Gasteiger partial charge in [0.15, 0.2) is 0 Å². The molecule has 0 aliphatic carbocycles. The van der Waals surface area contributed by atoms with Gasteiger partial charge in [-0.15, -0.1) is 0 Å². The number of carbonyl (C=O) groups is 1. The fraction of sp³-hybridized carbons (Fsp3) is 0.200. The van der Waals surface area contributed by atoms with Gasteiger partial charge in [0.05, 0.1) is 36.0 Å². The minimum Gasteiger partial charge on any atom is -0.378 e. The average molecular weight is 446 g/mol. The van der Waals surface area contributed by atoms with Crippen molar-refractivity contribution in [3.63, 3.8) is 0 Å². The van der Waals surface area contributed by atoms with Gasteiger partial charge in [0.2, 0.25) is 0 Å². The minimum atomic E-state index is -0.966. The number of carbonyl (C=O) groups excluding carboxylic acids is 1. The van der Waals surface area contributed by atoms with Crippen molar-refractivity contribution in [1.29, 1.82) is 0 Å². The van der Waals surface area contributed by atoms with Crippen molar-refractivity contribution >= 4 is 22.9 Å². The first-order chi connectivity index (χ1) is 16.2. The molecule has 0 amide bonds. The second-order valence-corrected chi connectivity index (χ2v) is 7.75. The van der Waals surface area contributed by atoms with Crippen LogP contribution in [0.3, 0.4) is 0 Å². The lowest BCUT2D eigenvalue weighted by atomic mass is 9.92. The maximum atomic E-state index is 15.0. The van der Waals surface area contributed by atoms with E-state index in [1.807, 2.05) is 18.2 Å². The van der Waals surface area contributed by atoms with Crippen LogP contribution in [0.2, 0.25) is 0 Å². The van der Waals surface area contributed by atoms with E-state index in [1.165, 1.54) is 18.6 Å². The average Bonchev–Trinajstić information content (AvgIpc) is 2.86. The molecular weight excluding hydrogens is 426 g/mol. The molecule has 1 saturated heterocycles. The SMILES string of the molecule is O=CC(c1ccccn1)c1cc(-c2ncnc3cc(N4CCOCC4)ccc23)c(F)cc1F. The lowest BCUT2D eigenvalue weighted by Gasteiger charge is -2.29. The molecule has 0 spiro atoms. The maximum Gasteiger partial charge on any atom is 0.135 e. The van der Waals surface area contributed by atoms with Crippen LogP contribution in [0.5, 0.6) is 0 Å². The fourth-order valence-corrected chi connectivity index (χ4v) is 4.13. The molecule has 33 heavy (non-hydrogen) atoms. The molecule has 1 fully saturated rings. The Kier molecular flexibility index (Phi) is 5.75. The molecule has 1 aliphatic heterocycles. The molecule has 0 bridgehead atoms. The van der Waals surface area contributed by atoms with E-state index in [2.05, 4.69) is 19.9 Å². The van der Waals surface area contributed by atoms with Gasteiger partial charge in [-0.3, -0.25) is 4.98 Å². The lowest BCUT2D eigenvalue weighted by molar-refractivity contribution is -0.108.